The molecule has 1 amide bonds. The van der Waals surface area contributed by atoms with Crippen LogP contribution in [0.3, 0.4) is 0 Å². The van der Waals surface area contributed by atoms with Crippen molar-refractivity contribution in [2.24, 2.45) is 0 Å². The third-order valence-corrected chi connectivity index (χ3v) is 2.85. The van der Waals surface area contributed by atoms with Crippen LogP contribution in [-0.4, -0.2) is 23.4 Å². The van der Waals surface area contributed by atoms with Gasteiger partial charge in [-0.15, -0.1) is 18.2 Å². The molecule has 0 atom stereocenters. The number of amides is 1. The van der Waals surface area contributed by atoms with Gasteiger partial charge in [0.1, 0.15) is 0 Å². The lowest BCUT2D eigenvalue weighted by molar-refractivity contribution is 0.0728. The van der Waals surface area contributed by atoms with Gasteiger partial charge in [-0.1, -0.05) is 18.2 Å². The van der Waals surface area contributed by atoms with Crippen LogP contribution in [0.4, 0.5) is 0 Å². The normalized spacial score (nSPS) is 10.4. The van der Waals surface area contributed by atoms with Crippen LogP contribution in [-0.2, 0) is 5.88 Å². The molecule has 0 aliphatic carbocycles. The van der Waals surface area contributed by atoms with Crippen molar-refractivity contribution in [3.63, 3.8) is 0 Å². The first-order valence-corrected chi connectivity index (χ1v) is 6.20. The Morgan fingerprint density at radius 1 is 1.53 bits per heavy atom. The zero-order valence-electron chi connectivity index (χ0n) is 10.3. The smallest absolute Gasteiger partial charge is 0.254 e. The molecule has 0 aromatic heterocycles. The number of halogens is 1. The van der Waals surface area contributed by atoms with Crippen molar-refractivity contribution >= 4 is 17.5 Å². The molecule has 0 fully saturated rings. The highest BCUT2D eigenvalue weighted by Crippen LogP contribution is 2.12. The summed E-state index contributed by atoms with van der Waals surface area (Å²) in [5.41, 5.74) is 1.64. The van der Waals surface area contributed by atoms with Crippen molar-refractivity contribution in [3.05, 3.63) is 48.0 Å². The van der Waals surface area contributed by atoms with Gasteiger partial charge in [0, 0.05) is 24.0 Å². The number of alkyl halides is 1. The number of carbonyl (C=O) groups excluding carboxylic acids is 1. The standard InChI is InChI=1S/C14H18ClNO/c1-4-8-16(11(2)3)14(17)13-7-5-6-12(9-13)10-15/h4-7,9,11H,1,8,10H2,2-3H3. The summed E-state index contributed by atoms with van der Waals surface area (Å²) in [6, 6.07) is 7.58. The summed E-state index contributed by atoms with van der Waals surface area (Å²) in [5, 5.41) is 0. The fourth-order valence-electron chi connectivity index (χ4n) is 1.62. The van der Waals surface area contributed by atoms with E-state index in [2.05, 4.69) is 6.58 Å². The molecule has 92 valence electrons. The second-order valence-corrected chi connectivity index (χ2v) is 4.44. The van der Waals surface area contributed by atoms with Crippen LogP contribution < -0.4 is 0 Å². The maximum atomic E-state index is 12.3. The topological polar surface area (TPSA) is 20.3 Å². The molecule has 1 rings (SSSR count). The molecule has 0 unspecified atom stereocenters. The lowest BCUT2D eigenvalue weighted by Crippen LogP contribution is -2.37. The number of nitrogens with zero attached hydrogens (tertiary/aromatic N) is 1. The molecule has 17 heavy (non-hydrogen) atoms. The summed E-state index contributed by atoms with van der Waals surface area (Å²) in [4.78, 5) is 14.1. The van der Waals surface area contributed by atoms with E-state index in [9.17, 15) is 4.79 Å². The first-order valence-electron chi connectivity index (χ1n) is 5.67. The zero-order valence-corrected chi connectivity index (χ0v) is 11.1. The van der Waals surface area contributed by atoms with Crippen LogP contribution in [0.25, 0.3) is 0 Å². The van der Waals surface area contributed by atoms with E-state index < -0.39 is 0 Å². The van der Waals surface area contributed by atoms with Gasteiger partial charge in [-0.05, 0) is 31.5 Å². The molecule has 3 heteroatoms. The summed E-state index contributed by atoms with van der Waals surface area (Å²) in [5.74, 6) is 0.441. The molecule has 0 saturated heterocycles. The maximum Gasteiger partial charge on any atom is 0.254 e. The predicted octanol–water partition coefficient (Wildman–Crippen LogP) is 3.46. The van der Waals surface area contributed by atoms with Gasteiger partial charge < -0.3 is 4.90 Å². The number of carbonyl (C=O) groups is 1. The van der Waals surface area contributed by atoms with Crippen molar-refractivity contribution in [2.75, 3.05) is 6.54 Å². The fraction of sp³-hybridized carbons (Fsp3) is 0.357. The van der Waals surface area contributed by atoms with Gasteiger partial charge in [-0.3, -0.25) is 4.79 Å². The summed E-state index contributed by atoms with van der Waals surface area (Å²) < 4.78 is 0. The highest BCUT2D eigenvalue weighted by molar-refractivity contribution is 6.17. The van der Waals surface area contributed by atoms with E-state index in [-0.39, 0.29) is 11.9 Å². The highest BCUT2D eigenvalue weighted by atomic mass is 35.5. The Morgan fingerprint density at radius 2 is 2.24 bits per heavy atom. The third kappa shape index (κ3) is 3.60. The van der Waals surface area contributed by atoms with Gasteiger partial charge in [-0.25, -0.2) is 0 Å². The Balaban J connectivity index is 2.96. The van der Waals surface area contributed by atoms with Gasteiger partial charge in [0.2, 0.25) is 0 Å². The molecular formula is C14H18ClNO. The van der Waals surface area contributed by atoms with Crippen molar-refractivity contribution < 1.29 is 4.79 Å². The summed E-state index contributed by atoms with van der Waals surface area (Å²) in [6.45, 7) is 8.22. The number of rotatable bonds is 5. The lowest BCUT2D eigenvalue weighted by atomic mass is 10.1. The van der Waals surface area contributed by atoms with E-state index in [1.54, 1.807) is 11.0 Å². The van der Waals surface area contributed by atoms with E-state index in [0.29, 0.717) is 18.0 Å². The minimum absolute atomic E-state index is 0.0202. The van der Waals surface area contributed by atoms with Crippen LogP contribution in [0.2, 0.25) is 0 Å². The lowest BCUT2D eigenvalue weighted by Gasteiger charge is -2.25. The van der Waals surface area contributed by atoms with E-state index in [1.165, 1.54) is 0 Å². The fourth-order valence-corrected chi connectivity index (χ4v) is 1.79. The molecular weight excluding hydrogens is 234 g/mol. The first kappa shape index (κ1) is 13.8. The second-order valence-electron chi connectivity index (χ2n) is 4.17. The van der Waals surface area contributed by atoms with Crippen LogP contribution in [0, 0.1) is 0 Å². The molecule has 0 spiro atoms. The number of hydrogen-bond acceptors (Lipinski definition) is 1. The second kappa shape index (κ2) is 6.45. The summed E-state index contributed by atoms with van der Waals surface area (Å²) >= 11 is 5.77. The van der Waals surface area contributed by atoms with Gasteiger partial charge in [-0.2, -0.15) is 0 Å². The van der Waals surface area contributed by atoms with Crippen molar-refractivity contribution in [1.29, 1.82) is 0 Å². The van der Waals surface area contributed by atoms with E-state index in [0.717, 1.165) is 5.56 Å². The van der Waals surface area contributed by atoms with Crippen LogP contribution >= 0.6 is 11.6 Å². The SMILES string of the molecule is C=CCN(C(=O)c1cccc(CCl)c1)C(C)C. The Labute approximate surface area is 108 Å². The van der Waals surface area contributed by atoms with Gasteiger partial charge in [0.25, 0.3) is 5.91 Å². The summed E-state index contributed by atoms with van der Waals surface area (Å²) in [6.07, 6.45) is 1.74. The molecule has 0 bridgehead atoms. The largest absolute Gasteiger partial charge is 0.333 e. The Morgan fingerprint density at radius 3 is 2.76 bits per heavy atom. The van der Waals surface area contributed by atoms with Crippen molar-refractivity contribution in [1.82, 2.24) is 4.90 Å². The monoisotopic (exact) mass is 251 g/mol. The quantitative estimate of drug-likeness (QED) is 0.580. The van der Waals surface area contributed by atoms with E-state index in [4.69, 9.17) is 11.6 Å². The van der Waals surface area contributed by atoms with Crippen molar-refractivity contribution in [3.8, 4) is 0 Å². The zero-order chi connectivity index (χ0) is 12.8. The van der Waals surface area contributed by atoms with Crippen LogP contribution in [0.1, 0.15) is 29.8 Å². The Bertz CT molecular complexity index is 401. The van der Waals surface area contributed by atoms with Gasteiger partial charge >= 0.3 is 0 Å². The molecule has 2 nitrogen and oxygen atoms in total. The molecule has 0 aliphatic rings. The average Bonchev–Trinajstić information content (AvgIpc) is 2.34. The van der Waals surface area contributed by atoms with E-state index in [1.807, 2.05) is 38.1 Å². The minimum atomic E-state index is 0.0202. The van der Waals surface area contributed by atoms with Crippen LogP contribution in [0.5, 0.6) is 0 Å². The van der Waals surface area contributed by atoms with Crippen molar-refractivity contribution in [2.45, 2.75) is 25.8 Å². The molecule has 0 aliphatic heterocycles. The van der Waals surface area contributed by atoms with Gasteiger partial charge in [0.05, 0.1) is 0 Å². The number of benzene rings is 1. The predicted molar refractivity (Wildman–Crippen MR) is 72.4 cm³/mol. The molecule has 1 aromatic rings. The Hall–Kier alpha value is -1.28. The first-order chi connectivity index (χ1) is 8.10. The molecule has 1 aromatic carbocycles. The number of hydrogen-bond donors (Lipinski definition) is 0. The molecule has 0 saturated carbocycles. The van der Waals surface area contributed by atoms with E-state index >= 15 is 0 Å². The molecule has 0 N–H and O–H groups in total. The third-order valence-electron chi connectivity index (χ3n) is 2.54. The highest BCUT2D eigenvalue weighted by Gasteiger charge is 2.17. The summed E-state index contributed by atoms with van der Waals surface area (Å²) in [7, 11) is 0. The van der Waals surface area contributed by atoms with Crippen LogP contribution in [0.15, 0.2) is 36.9 Å². The maximum absolute atomic E-state index is 12.3. The van der Waals surface area contributed by atoms with Gasteiger partial charge in [0.15, 0.2) is 0 Å². The minimum Gasteiger partial charge on any atom is -0.333 e. The Kier molecular flexibility index (Phi) is 5.23. The average molecular weight is 252 g/mol. The molecule has 0 heterocycles. The molecule has 0 radical (unpaired) electrons.